The Morgan fingerprint density at radius 1 is 1.36 bits per heavy atom. The van der Waals surface area contributed by atoms with E-state index in [1.165, 1.54) is 4.88 Å². The van der Waals surface area contributed by atoms with Crippen LogP contribution in [0.4, 0.5) is 5.13 Å². The van der Waals surface area contributed by atoms with Gasteiger partial charge in [0.25, 0.3) is 0 Å². The molecule has 1 aliphatic heterocycles. The minimum absolute atomic E-state index is 0.0968. The number of amides is 1. The largest absolute Gasteiger partial charge is 0.301 e. The van der Waals surface area contributed by atoms with Crippen LogP contribution < -0.4 is 5.32 Å². The normalized spacial score (nSPS) is 19.1. The Morgan fingerprint density at radius 3 is 2.76 bits per heavy atom. The smallest absolute Gasteiger partial charge is 0.236 e. The van der Waals surface area contributed by atoms with Gasteiger partial charge in [0.05, 0.1) is 11.1 Å². The first kappa shape index (κ1) is 17.2. The van der Waals surface area contributed by atoms with E-state index >= 15 is 0 Å². The summed E-state index contributed by atoms with van der Waals surface area (Å²) in [4.78, 5) is 21.5. The van der Waals surface area contributed by atoms with Crippen LogP contribution >= 0.6 is 27.3 Å². The van der Waals surface area contributed by atoms with Gasteiger partial charge in [-0.25, -0.2) is 4.98 Å². The van der Waals surface area contributed by atoms with Crippen LogP contribution in [0.3, 0.4) is 0 Å². The second kappa shape index (κ2) is 6.82. The highest BCUT2D eigenvalue weighted by atomic mass is 79.9. The molecule has 2 aromatic rings. The molecule has 6 heteroatoms. The van der Waals surface area contributed by atoms with Crippen LogP contribution in [-0.4, -0.2) is 28.9 Å². The lowest BCUT2D eigenvalue weighted by atomic mass is 9.64. The number of benzene rings is 1. The molecule has 0 spiro atoms. The van der Waals surface area contributed by atoms with E-state index in [9.17, 15) is 4.79 Å². The lowest BCUT2D eigenvalue weighted by Crippen LogP contribution is -2.46. The van der Waals surface area contributed by atoms with Crippen molar-refractivity contribution in [3.05, 3.63) is 44.9 Å². The number of nitrogens with one attached hydrogen (secondary N) is 1. The van der Waals surface area contributed by atoms with Crippen LogP contribution in [-0.2, 0) is 23.2 Å². The Bertz CT molecular complexity index is 782. The number of carbonyl (C=O) groups excluding carboxylic acids is 1. The Kier molecular flexibility index (Phi) is 4.69. The molecule has 1 saturated carbocycles. The van der Waals surface area contributed by atoms with E-state index in [1.807, 2.05) is 12.1 Å². The molecule has 4 nitrogen and oxygen atoms in total. The van der Waals surface area contributed by atoms with Crippen molar-refractivity contribution in [2.75, 3.05) is 18.4 Å². The van der Waals surface area contributed by atoms with Crippen molar-refractivity contribution in [1.82, 2.24) is 9.88 Å². The van der Waals surface area contributed by atoms with E-state index < -0.39 is 0 Å². The first-order valence-electron chi connectivity index (χ1n) is 8.89. The fraction of sp³-hybridized carbons (Fsp3) is 0.474. The van der Waals surface area contributed by atoms with Crippen molar-refractivity contribution in [3.8, 4) is 0 Å². The van der Waals surface area contributed by atoms with Gasteiger partial charge in [0, 0.05) is 28.9 Å². The predicted octanol–water partition coefficient (Wildman–Crippen LogP) is 4.34. The fourth-order valence-electron chi connectivity index (χ4n) is 3.73. The summed E-state index contributed by atoms with van der Waals surface area (Å²) in [6, 6.07) is 8.16. The maximum Gasteiger partial charge on any atom is 0.236 e. The number of fused-ring (bicyclic) bond motifs is 1. The van der Waals surface area contributed by atoms with Gasteiger partial charge in [0.15, 0.2) is 5.13 Å². The molecular weight excluding hydrogens is 398 g/mol. The van der Waals surface area contributed by atoms with Gasteiger partial charge in [-0.15, -0.1) is 11.3 Å². The molecule has 1 amide bonds. The third kappa shape index (κ3) is 3.15. The first-order valence-corrected chi connectivity index (χ1v) is 10.5. The molecule has 0 bridgehead atoms. The summed E-state index contributed by atoms with van der Waals surface area (Å²) in [6.45, 7) is 5.26. The van der Waals surface area contributed by atoms with Crippen LogP contribution in [0.1, 0.15) is 42.3 Å². The molecular formula is C19H22BrN3OS. The number of thiazole rings is 1. The van der Waals surface area contributed by atoms with Gasteiger partial charge in [-0.2, -0.15) is 0 Å². The minimum Gasteiger partial charge on any atom is -0.301 e. The molecule has 0 atom stereocenters. The van der Waals surface area contributed by atoms with Gasteiger partial charge in [-0.05, 0) is 37.1 Å². The summed E-state index contributed by atoms with van der Waals surface area (Å²) in [5.41, 5.74) is 1.89. The number of halogens is 1. The lowest BCUT2D eigenvalue weighted by Gasteiger charge is -2.40. The number of anilines is 1. The number of carbonyl (C=O) groups is 1. The summed E-state index contributed by atoms with van der Waals surface area (Å²) in [6.07, 6.45) is 3.90. The zero-order valence-electron chi connectivity index (χ0n) is 14.3. The molecule has 25 heavy (non-hydrogen) atoms. The predicted molar refractivity (Wildman–Crippen MR) is 105 cm³/mol. The van der Waals surface area contributed by atoms with Gasteiger partial charge in [-0.3, -0.25) is 9.69 Å². The molecule has 0 saturated heterocycles. The van der Waals surface area contributed by atoms with Crippen molar-refractivity contribution in [1.29, 1.82) is 0 Å². The van der Waals surface area contributed by atoms with Gasteiger partial charge >= 0.3 is 0 Å². The van der Waals surface area contributed by atoms with Gasteiger partial charge in [-0.1, -0.05) is 41.4 Å². The van der Waals surface area contributed by atoms with Crippen molar-refractivity contribution in [2.24, 2.45) is 0 Å². The number of hydrogen-bond acceptors (Lipinski definition) is 4. The molecule has 1 fully saturated rings. The molecule has 0 unspecified atom stereocenters. The van der Waals surface area contributed by atoms with Crippen LogP contribution in [0.5, 0.6) is 0 Å². The maximum absolute atomic E-state index is 13.1. The molecule has 1 aromatic carbocycles. The highest BCUT2D eigenvalue weighted by molar-refractivity contribution is 9.10. The third-order valence-corrected chi connectivity index (χ3v) is 7.04. The van der Waals surface area contributed by atoms with Crippen molar-refractivity contribution >= 4 is 38.3 Å². The molecule has 1 aromatic heterocycles. The third-order valence-electron chi connectivity index (χ3n) is 5.52. The van der Waals surface area contributed by atoms with Crippen molar-refractivity contribution < 1.29 is 4.79 Å². The molecule has 0 radical (unpaired) electrons. The first-order chi connectivity index (χ1) is 12.1. The fourth-order valence-corrected chi connectivity index (χ4v) is 5.04. The standard InChI is InChI=1S/C19H22BrN3OS/c1-2-23-11-8-15-16(12-23)25-18(21-15)22-17(24)19(9-3-10-19)13-4-6-14(20)7-5-13/h4-7H,2-3,8-12H2,1H3,(H,21,22,24). The molecule has 132 valence electrons. The molecule has 2 heterocycles. The van der Waals surface area contributed by atoms with Crippen LogP contribution in [0.15, 0.2) is 28.7 Å². The van der Waals surface area contributed by atoms with Crippen molar-refractivity contribution in [2.45, 2.75) is 44.6 Å². The highest BCUT2D eigenvalue weighted by Gasteiger charge is 2.45. The molecule has 2 aliphatic rings. The van der Waals surface area contributed by atoms with Crippen molar-refractivity contribution in [3.63, 3.8) is 0 Å². The lowest BCUT2D eigenvalue weighted by molar-refractivity contribution is -0.124. The molecule has 1 aliphatic carbocycles. The maximum atomic E-state index is 13.1. The Morgan fingerprint density at radius 2 is 2.12 bits per heavy atom. The monoisotopic (exact) mass is 419 g/mol. The Hall–Kier alpha value is -1.24. The Balaban J connectivity index is 1.53. The number of aromatic nitrogens is 1. The van der Waals surface area contributed by atoms with E-state index in [4.69, 9.17) is 4.98 Å². The minimum atomic E-state index is -0.387. The average molecular weight is 420 g/mol. The number of nitrogens with zero attached hydrogens (tertiary/aromatic N) is 2. The Labute approximate surface area is 160 Å². The zero-order valence-corrected chi connectivity index (χ0v) is 16.8. The average Bonchev–Trinajstić information content (AvgIpc) is 2.96. The zero-order chi connectivity index (χ0) is 17.4. The second-order valence-electron chi connectivity index (χ2n) is 6.90. The number of likely N-dealkylation sites (N-methyl/N-ethyl adjacent to an activating group) is 1. The second-order valence-corrected chi connectivity index (χ2v) is 8.90. The number of hydrogen-bond donors (Lipinski definition) is 1. The highest BCUT2D eigenvalue weighted by Crippen LogP contribution is 2.45. The number of rotatable bonds is 4. The van der Waals surface area contributed by atoms with E-state index in [-0.39, 0.29) is 11.3 Å². The SMILES string of the molecule is CCN1CCc2nc(NC(=O)C3(c4ccc(Br)cc4)CCC3)sc2C1. The topological polar surface area (TPSA) is 45.2 Å². The summed E-state index contributed by atoms with van der Waals surface area (Å²) in [7, 11) is 0. The summed E-state index contributed by atoms with van der Waals surface area (Å²) >= 11 is 5.11. The van der Waals surface area contributed by atoms with E-state index in [1.54, 1.807) is 11.3 Å². The van der Waals surface area contributed by atoms with Gasteiger partial charge in [0.2, 0.25) is 5.91 Å². The van der Waals surface area contributed by atoms with Crippen LogP contribution in [0, 0.1) is 0 Å². The van der Waals surface area contributed by atoms with E-state index in [2.05, 4.69) is 45.2 Å². The molecule has 4 rings (SSSR count). The summed E-state index contributed by atoms with van der Waals surface area (Å²) < 4.78 is 1.04. The summed E-state index contributed by atoms with van der Waals surface area (Å²) in [5.74, 6) is 0.0968. The van der Waals surface area contributed by atoms with Crippen LogP contribution in [0.2, 0.25) is 0 Å². The van der Waals surface area contributed by atoms with Gasteiger partial charge < -0.3 is 5.32 Å². The molecule has 1 N–H and O–H groups in total. The summed E-state index contributed by atoms with van der Waals surface area (Å²) in [5, 5.41) is 3.89. The van der Waals surface area contributed by atoms with E-state index in [0.29, 0.717) is 0 Å². The van der Waals surface area contributed by atoms with E-state index in [0.717, 1.165) is 66.2 Å². The van der Waals surface area contributed by atoms with Gasteiger partial charge in [0.1, 0.15) is 0 Å². The quantitative estimate of drug-likeness (QED) is 0.800. The van der Waals surface area contributed by atoms with Crippen LogP contribution in [0.25, 0.3) is 0 Å².